The number of hydrogen-bond donors (Lipinski definition) is 1. The average Bonchev–Trinajstić information content (AvgIpc) is 2.62. The second kappa shape index (κ2) is 7.53. The van der Waals surface area contributed by atoms with E-state index in [9.17, 15) is 0 Å². The van der Waals surface area contributed by atoms with Gasteiger partial charge in [0.15, 0.2) is 11.6 Å². The van der Waals surface area contributed by atoms with Crippen molar-refractivity contribution < 1.29 is 0 Å². The Balaban J connectivity index is 1.73. The molecule has 0 bridgehead atoms. The minimum absolute atomic E-state index is 0.503. The molecule has 2 saturated heterocycles. The largest absolute Gasteiger partial charge is 0.393 e. The van der Waals surface area contributed by atoms with E-state index in [-0.39, 0.29) is 0 Å². The van der Waals surface area contributed by atoms with Gasteiger partial charge in [0.1, 0.15) is 12.0 Å². The lowest BCUT2D eigenvalue weighted by Gasteiger charge is -2.38. The fourth-order valence-electron chi connectivity index (χ4n) is 3.74. The highest BCUT2D eigenvalue weighted by Gasteiger charge is 2.26. The second-order valence-electron chi connectivity index (χ2n) is 7.00. The van der Waals surface area contributed by atoms with Crippen LogP contribution in [-0.4, -0.2) is 85.7 Å². The Morgan fingerprint density at radius 2 is 1.79 bits per heavy atom. The monoisotopic (exact) mass is 333 g/mol. The van der Waals surface area contributed by atoms with Gasteiger partial charge in [-0.25, -0.2) is 9.97 Å². The van der Waals surface area contributed by atoms with Gasteiger partial charge in [-0.3, -0.25) is 0 Å². The molecule has 0 radical (unpaired) electrons. The Hall–Kier alpha value is -1.60. The lowest BCUT2D eigenvalue weighted by Crippen LogP contribution is -2.47. The van der Waals surface area contributed by atoms with Crippen LogP contribution in [-0.2, 0) is 0 Å². The molecule has 0 aliphatic carbocycles. The molecule has 24 heavy (non-hydrogen) atoms. The van der Waals surface area contributed by atoms with Crippen LogP contribution in [0.2, 0.25) is 0 Å². The number of likely N-dealkylation sites (tertiary alicyclic amines) is 1. The van der Waals surface area contributed by atoms with Crippen LogP contribution in [0.5, 0.6) is 0 Å². The first kappa shape index (κ1) is 17.2. The summed E-state index contributed by atoms with van der Waals surface area (Å²) in [6.45, 7) is 9.68. The summed E-state index contributed by atoms with van der Waals surface area (Å²) < 4.78 is 0. The standard InChI is InChI=1S/C17H31N7/c1-4-23-9-11-24(12-10-23)17-15(18)16(19-13-20-17)22(3)14-5-7-21(2)8-6-14/h13-14H,4-12,18H2,1-3H3. The number of piperidine rings is 1. The third-order valence-corrected chi connectivity index (χ3v) is 5.53. The molecule has 0 atom stereocenters. The zero-order chi connectivity index (χ0) is 17.1. The number of rotatable bonds is 4. The van der Waals surface area contributed by atoms with E-state index >= 15 is 0 Å². The van der Waals surface area contributed by atoms with Crippen molar-refractivity contribution in [3.05, 3.63) is 6.33 Å². The maximum atomic E-state index is 6.48. The second-order valence-corrected chi connectivity index (χ2v) is 7.00. The van der Waals surface area contributed by atoms with Gasteiger partial charge in [0.05, 0.1) is 0 Å². The van der Waals surface area contributed by atoms with Gasteiger partial charge >= 0.3 is 0 Å². The Bertz CT molecular complexity index is 534. The van der Waals surface area contributed by atoms with Crippen molar-refractivity contribution in [2.24, 2.45) is 0 Å². The number of nitrogen functional groups attached to an aromatic ring is 1. The van der Waals surface area contributed by atoms with E-state index in [0.29, 0.717) is 6.04 Å². The molecule has 2 N–H and O–H groups in total. The summed E-state index contributed by atoms with van der Waals surface area (Å²) in [5.41, 5.74) is 7.21. The smallest absolute Gasteiger partial charge is 0.157 e. The van der Waals surface area contributed by atoms with Crippen LogP contribution < -0.4 is 15.5 Å². The van der Waals surface area contributed by atoms with E-state index in [4.69, 9.17) is 5.73 Å². The molecule has 7 heteroatoms. The van der Waals surface area contributed by atoms with Gasteiger partial charge in [0, 0.05) is 39.3 Å². The lowest BCUT2D eigenvalue weighted by atomic mass is 10.0. The van der Waals surface area contributed by atoms with Crippen LogP contribution >= 0.6 is 0 Å². The minimum atomic E-state index is 0.503. The Labute approximate surface area is 145 Å². The summed E-state index contributed by atoms with van der Waals surface area (Å²) in [4.78, 5) is 18.4. The molecule has 0 unspecified atom stereocenters. The van der Waals surface area contributed by atoms with Gasteiger partial charge in [0.25, 0.3) is 0 Å². The maximum absolute atomic E-state index is 6.48. The molecule has 2 aliphatic rings. The lowest BCUT2D eigenvalue weighted by molar-refractivity contribution is 0.252. The summed E-state index contributed by atoms with van der Waals surface area (Å²) in [6, 6.07) is 0.503. The highest BCUT2D eigenvalue weighted by atomic mass is 15.3. The summed E-state index contributed by atoms with van der Waals surface area (Å²) in [7, 11) is 4.30. The van der Waals surface area contributed by atoms with Gasteiger partial charge < -0.3 is 25.3 Å². The van der Waals surface area contributed by atoms with Crippen molar-refractivity contribution in [1.29, 1.82) is 0 Å². The molecule has 2 aliphatic heterocycles. The van der Waals surface area contributed by atoms with Crippen LogP contribution in [0, 0.1) is 0 Å². The highest BCUT2D eigenvalue weighted by Crippen LogP contribution is 2.31. The maximum Gasteiger partial charge on any atom is 0.157 e. The SMILES string of the molecule is CCN1CCN(c2ncnc(N(C)C3CCN(C)CC3)c2N)CC1. The minimum Gasteiger partial charge on any atom is -0.393 e. The quantitative estimate of drug-likeness (QED) is 0.871. The van der Waals surface area contributed by atoms with Crippen molar-refractivity contribution in [1.82, 2.24) is 19.8 Å². The molecule has 0 amide bonds. The number of nitrogens with zero attached hydrogens (tertiary/aromatic N) is 6. The van der Waals surface area contributed by atoms with Crippen molar-refractivity contribution in [2.45, 2.75) is 25.8 Å². The molecule has 7 nitrogen and oxygen atoms in total. The van der Waals surface area contributed by atoms with E-state index in [1.807, 2.05) is 0 Å². The number of likely N-dealkylation sites (N-methyl/N-ethyl adjacent to an activating group) is 1. The topological polar surface area (TPSA) is 64.8 Å². The number of piperazine rings is 1. The molecule has 134 valence electrons. The molecule has 0 spiro atoms. The molecular formula is C17H31N7. The summed E-state index contributed by atoms with van der Waals surface area (Å²) in [5.74, 6) is 1.78. The van der Waals surface area contributed by atoms with E-state index in [1.54, 1.807) is 6.33 Å². The molecular weight excluding hydrogens is 302 g/mol. The normalized spacial score (nSPS) is 21.2. The number of hydrogen-bond acceptors (Lipinski definition) is 7. The first-order valence-electron chi connectivity index (χ1n) is 9.09. The van der Waals surface area contributed by atoms with E-state index in [0.717, 1.165) is 76.0 Å². The van der Waals surface area contributed by atoms with Crippen LogP contribution in [0.3, 0.4) is 0 Å². The fraction of sp³-hybridized carbons (Fsp3) is 0.765. The van der Waals surface area contributed by atoms with E-state index < -0.39 is 0 Å². The molecule has 3 heterocycles. The van der Waals surface area contributed by atoms with Crippen molar-refractivity contribution in [3.63, 3.8) is 0 Å². The molecule has 1 aromatic heterocycles. The van der Waals surface area contributed by atoms with Gasteiger partial charge in [-0.1, -0.05) is 6.92 Å². The number of aromatic nitrogens is 2. The van der Waals surface area contributed by atoms with Gasteiger partial charge in [-0.15, -0.1) is 0 Å². The molecule has 0 saturated carbocycles. The predicted molar refractivity (Wildman–Crippen MR) is 99.7 cm³/mol. The molecule has 3 rings (SSSR count). The summed E-state index contributed by atoms with van der Waals surface area (Å²) >= 11 is 0. The molecule has 2 fully saturated rings. The van der Waals surface area contributed by atoms with Crippen molar-refractivity contribution in [3.8, 4) is 0 Å². The fourth-order valence-corrected chi connectivity index (χ4v) is 3.74. The third-order valence-electron chi connectivity index (χ3n) is 5.53. The van der Waals surface area contributed by atoms with Gasteiger partial charge in [-0.05, 0) is 39.5 Å². The van der Waals surface area contributed by atoms with Crippen molar-refractivity contribution >= 4 is 17.3 Å². The number of anilines is 3. The first-order valence-corrected chi connectivity index (χ1v) is 9.09. The van der Waals surface area contributed by atoms with Gasteiger partial charge in [-0.2, -0.15) is 0 Å². The van der Waals surface area contributed by atoms with Gasteiger partial charge in [0.2, 0.25) is 0 Å². The summed E-state index contributed by atoms with van der Waals surface area (Å²) in [6.07, 6.45) is 3.97. The van der Waals surface area contributed by atoms with E-state index in [1.165, 1.54) is 0 Å². The first-order chi connectivity index (χ1) is 11.6. The van der Waals surface area contributed by atoms with Crippen LogP contribution in [0.1, 0.15) is 19.8 Å². The number of nitrogens with two attached hydrogens (primary N) is 1. The summed E-state index contributed by atoms with van der Waals surface area (Å²) in [5, 5.41) is 0. The molecule has 0 aromatic carbocycles. The van der Waals surface area contributed by atoms with Crippen LogP contribution in [0.25, 0.3) is 0 Å². The third kappa shape index (κ3) is 3.57. The predicted octanol–water partition coefficient (Wildman–Crippen LogP) is 0.731. The Kier molecular flexibility index (Phi) is 5.40. The zero-order valence-corrected chi connectivity index (χ0v) is 15.3. The zero-order valence-electron chi connectivity index (χ0n) is 15.3. The molecule has 1 aromatic rings. The van der Waals surface area contributed by atoms with Crippen molar-refractivity contribution in [2.75, 3.05) is 75.4 Å². The average molecular weight is 333 g/mol. The van der Waals surface area contributed by atoms with Crippen LogP contribution in [0.4, 0.5) is 17.3 Å². The van der Waals surface area contributed by atoms with E-state index in [2.05, 4.69) is 50.6 Å². The Morgan fingerprint density at radius 3 is 2.42 bits per heavy atom. The van der Waals surface area contributed by atoms with Crippen LogP contribution in [0.15, 0.2) is 6.33 Å². The highest BCUT2D eigenvalue weighted by molar-refractivity contribution is 5.75. The Morgan fingerprint density at radius 1 is 1.12 bits per heavy atom.